The molecule has 6 N–H and O–H groups in total. The van der Waals surface area contributed by atoms with E-state index in [9.17, 15) is 54.6 Å². The number of fused-ring (bicyclic) bond motifs is 6. The summed E-state index contributed by atoms with van der Waals surface area (Å²) in [6, 6.07) is 31.5. The summed E-state index contributed by atoms with van der Waals surface area (Å²) in [5.41, 5.74) is 12.2. The van der Waals surface area contributed by atoms with Crippen molar-refractivity contribution in [1.29, 1.82) is 0 Å². The Balaban J connectivity index is 1.02. The summed E-state index contributed by atoms with van der Waals surface area (Å²) in [7, 11) is 0. The molecule has 3 aliphatic carbocycles. The summed E-state index contributed by atoms with van der Waals surface area (Å²) >= 11 is 0. The van der Waals surface area contributed by atoms with Crippen molar-refractivity contribution in [1.82, 2.24) is 0 Å². The number of carbonyl (C=O) groups is 6. The van der Waals surface area contributed by atoms with Crippen molar-refractivity contribution in [2.45, 2.75) is 171 Å². The zero-order chi connectivity index (χ0) is 78.4. The van der Waals surface area contributed by atoms with Gasteiger partial charge in [-0.25, -0.2) is 0 Å². The van der Waals surface area contributed by atoms with Crippen molar-refractivity contribution in [2.75, 3.05) is 6.61 Å². The Hall–Kier alpha value is -11.4. The van der Waals surface area contributed by atoms with E-state index >= 15 is 4.79 Å². The molecule has 0 heterocycles. The van der Waals surface area contributed by atoms with Crippen molar-refractivity contribution in [3.05, 3.63) is 209 Å². The fourth-order valence-corrected chi connectivity index (χ4v) is 15.7. The third-order valence-electron chi connectivity index (χ3n) is 22.8. The Morgan fingerprint density at radius 3 is 0.963 bits per heavy atom. The number of carbonyl (C=O) groups excluding carboxylic acids is 6. The third-order valence-corrected chi connectivity index (χ3v) is 22.8. The lowest BCUT2D eigenvalue weighted by molar-refractivity contribution is -0.139. The second kappa shape index (κ2) is 29.6. The molecule has 0 radical (unpaired) electrons. The van der Waals surface area contributed by atoms with E-state index in [1.165, 1.54) is 0 Å². The lowest BCUT2D eigenvalue weighted by Crippen LogP contribution is -2.23. The number of phenolic OH excluding ortho intramolecular Hbond substituents is 6. The fourth-order valence-electron chi connectivity index (χ4n) is 15.7. The zero-order valence-electron chi connectivity index (χ0n) is 64.1. The second-order valence-electron chi connectivity index (χ2n) is 31.2. The van der Waals surface area contributed by atoms with Crippen LogP contribution >= 0.6 is 0 Å². The molecule has 3 fully saturated rings. The van der Waals surface area contributed by atoms with Crippen LogP contribution in [0.25, 0.3) is 32.3 Å². The zero-order valence-corrected chi connectivity index (χ0v) is 64.1. The van der Waals surface area contributed by atoms with E-state index in [2.05, 4.69) is 0 Å². The maximum Gasteiger partial charge on any atom is 0.315 e. The van der Waals surface area contributed by atoms with E-state index in [0.29, 0.717) is 124 Å². The first kappa shape index (κ1) is 75.8. The van der Waals surface area contributed by atoms with Crippen LogP contribution in [0, 0.1) is 107 Å². The smallest absolute Gasteiger partial charge is 0.315 e. The first-order valence-corrected chi connectivity index (χ1v) is 37.2. The van der Waals surface area contributed by atoms with Gasteiger partial charge in [0.2, 0.25) is 0 Å². The molecule has 0 aliphatic heterocycles. The highest BCUT2D eigenvalue weighted by Gasteiger charge is 2.49. The van der Waals surface area contributed by atoms with E-state index in [1.807, 2.05) is 74.5 Å². The molecule has 0 spiro atoms. The van der Waals surface area contributed by atoms with Crippen LogP contribution in [0.15, 0.2) is 109 Å². The van der Waals surface area contributed by atoms with Gasteiger partial charge in [0.25, 0.3) is 0 Å². The van der Waals surface area contributed by atoms with Crippen LogP contribution in [0.3, 0.4) is 0 Å². The Labute approximate surface area is 633 Å². The maximum absolute atomic E-state index is 15.1. The minimum absolute atomic E-state index is 0.0155. The lowest BCUT2D eigenvalue weighted by atomic mass is 9.87. The molecule has 3 aliphatic rings. The molecule has 3 saturated carbocycles. The molecule has 10 aromatic rings. The van der Waals surface area contributed by atoms with Gasteiger partial charge in [-0.15, -0.1) is 0 Å². The highest BCUT2D eigenvalue weighted by Crippen LogP contribution is 2.55. The molecule has 109 heavy (non-hydrogen) atoms. The number of esters is 5. The monoisotopic (exact) mass is 1470 g/mol. The molecule has 10 unspecified atom stereocenters. The van der Waals surface area contributed by atoms with Gasteiger partial charge < -0.3 is 63.9 Å². The van der Waals surface area contributed by atoms with Crippen molar-refractivity contribution in [2.24, 2.45) is 23.7 Å². The first-order chi connectivity index (χ1) is 51.7. The van der Waals surface area contributed by atoms with E-state index in [-0.39, 0.29) is 106 Å². The number of hydrogen-bond donors (Lipinski definition) is 6. The predicted molar refractivity (Wildman–Crippen MR) is 415 cm³/mol. The lowest BCUT2D eigenvalue weighted by Gasteiger charge is -2.23. The van der Waals surface area contributed by atoms with E-state index in [0.717, 1.165) is 34.1 Å². The van der Waals surface area contributed by atoms with Gasteiger partial charge in [0.15, 0.2) is 34.5 Å². The van der Waals surface area contributed by atoms with Gasteiger partial charge in [-0.2, -0.15) is 0 Å². The summed E-state index contributed by atoms with van der Waals surface area (Å²) in [6.07, 6.45) is 1.81. The largest absolute Gasteiger partial charge is 0.507 e. The Morgan fingerprint density at radius 2 is 0.642 bits per heavy atom. The molecule has 0 bridgehead atoms. The van der Waals surface area contributed by atoms with Gasteiger partial charge in [-0.1, -0.05) is 93.6 Å². The van der Waals surface area contributed by atoms with Crippen molar-refractivity contribution >= 4 is 68.5 Å². The van der Waals surface area contributed by atoms with Crippen LogP contribution in [0.1, 0.15) is 189 Å². The van der Waals surface area contributed by atoms with E-state index < -0.39 is 71.3 Å². The molecule has 18 nitrogen and oxygen atoms in total. The number of benzene rings is 10. The SMILES string of the molecule is Cc1cc(C(C)CC(=O)Oc2cc3c4cc(OCC(CC=O)c5cc(C)c(O)c(C)c5)c(OC(=O)C(C)C(C)c5cc(C)c(O)c(C)c5)cc4c4cc(OC(=O)C5CC5c5cc(C)c(O)c(C)c5)c(OC(=O)C5CC5c5cc(C)c(O)c(C)c5)cc4c3cc2OC(=O)C2CC2c2cc(C)c(O)c(C)c2)cc(C)c1O. The number of aromatic hydroxyl groups is 6. The summed E-state index contributed by atoms with van der Waals surface area (Å²) in [5.74, 6) is -8.29. The summed E-state index contributed by atoms with van der Waals surface area (Å²) < 4.78 is 39.6. The normalized spacial score (nSPS) is 18.2. The van der Waals surface area contributed by atoms with Gasteiger partial charge in [0.1, 0.15) is 40.8 Å². The van der Waals surface area contributed by atoms with Gasteiger partial charge in [0, 0.05) is 12.3 Å². The number of phenols is 6. The standard InChI is InChI=1S/C91H92O18/c1-41(57-18-42(2)82(94)43(3)19-57)30-81(93)105-77-36-68-66-34-75(104-40-56(16-17-92)59-22-46(6)84(96)47(7)23-59)76(106-88(100)55(15)54(14)58-20-44(4)83(95)45(5)21-58)35-67(66)70-38-79(108-90(102)73-32-64(73)61-26-50(10)86(98)51(11)27-61)80(109-91(103)74-33-65(74)62-28-52(12)87(99)53(13)29-62)39-71(70)69(68)37-78(77)107-89(101)72-31-63(72)60-24-48(8)85(97)49(9)25-60/h17-29,34-39,41,54-56,63-65,72-74,94-99H,16,30-33,40H2,1-15H3. The average Bonchev–Trinajstić information content (AvgIpc) is 1.72. The highest BCUT2D eigenvalue weighted by atomic mass is 16.6. The number of ether oxygens (including phenoxy) is 6. The van der Waals surface area contributed by atoms with Crippen LogP contribution < -0.4 is 28.4 Å². The van der Waals surface area contributed by atoms with Crippen molar-refractivity contribution in [3.63, 3.8) is 0 Å². The van der Waals surface area contributed by atoms with Crippen molar-refractivity contribution < 1.29 is 87.8 Å². The summed E-state index contributed by atoms with van der Waals surface area (Å²) in [6.45, 7) is 26.7. The van der Waals surface area contributed by atoms with Crippen LogP contribution in [0.2, 0.25) is 0 Å². The second-order valence-corrected chi connectivity index (χ2v) is 31.2. The third kappa shape index (κ3) is 15.2. The molecule has 10 atom stereocenters. The highest BCUT2D eigenvalue weighted by molar-refractivity contribution is 6.27. The maximum atomic E-state index is 15.1. The minimum Gasteiger partial charge on any atom is -0.507 e. The van der Waals surface area contributed by atoms with Crippen molar-refractivity contribution in [3.8, 4) is 69.0 Å². The van der Waals surface area contributed by atoms with E-state index in [4.69, 9.17) is 28.4 Å². The van der Waals surface area contributed by atoms with Crippen LogP contribution in [-0.2, 0) is 28.8 Å². The number of hydrogen-bond acceptors (Lipinski definition) is 18. The number of aryl methyl sites for hydroxylation is 12. The average molecular weight is 1470 g/mol. The molecular weight excluding hydrogens is 1380 g/mol. The molecule has 0 aromatic heterocycles. The van der Waals surface area contributed by atoms with Gasteiger partial charge in [-0.3, -0.25) is 24.0 Å². The molecule has 0 amide bonds. The Morgan fingerprint density at radius 1 is 0.367 bits per heavy atom. The Bertz CT molecular complexity index is 5330. The van der Waals surface area contributed by atoms with Gasteiger partial charge >= 0.3 is 29.8 Å². The van der Waals surface area contributed by atoms with Gasteiger partial charge in [0.05, 0.1) is 36.7 Å². The fraction of sp³-hybridized carbons (Fsp3) is 0.341. The van der Waals surface area contributed by atoms with Crippen LogP contribution in [0.4, 0.5) is 0 Å². The predicted octanol–water partition coefficient (Wildman–Crippen LogP) is 18.4. The van der Waals surface area contributed by atoms with Gasteiger partial charge in [-0.05, 0) is 301 Å². The molecule has 10 aromatic carbocycles. The molecule has 0 saturated heterocycles. The van der Waals surface area contributed by atoms with Crippen LogP contribution in [0.5, 0.6) is 69.0 Å². The van der Waals surface area contributed by atoms with E-state index in [1.54, 1.807) is 139 Å². The number of rotatable bonds is 23. The molecule has 18 heteroatoms. The quantitative estimate of drug-likeness (QED) is 0.0150. The molecule has 13 rings (SSSR count). The summed E-state index contributed by atoms with van der Waals surface area (Å²) in [4.78, 5) is 87.5. The molecule has 564 valence electrons. The topological polar surface area (TPSA) is 279 Å². The Kier molecular flexibility index (Phi) is 20.6. The molecular formula is C91H92O18. The number of aldehydes is 1. The summed E-state index contributed by atoms with van der Waals surface area (Å²) in [5, 5.41) is 66.7. The first-order valence-electron chi connectivity index (χ1n) is 37.2. The van der Waals surface area contributed by atoms with Crippen LogP contribution in [-0.4, -0.2) is 73.4 Å². The minimum atomic E-state index is -0.827.